The SMILES string of the molecule is c1ccc(COC2COC3(CCN(Cc4cccnc4)CC3)C2)cc1. The molecule has 0 saturated carbocycles. The van der Waals surface area contributed by atoms with E-state index < -0.39 is 0 Å². The Morgan fingerprint density at radius 2 is 1.88 bits per heavy atom. The first kappa shape index (κ1) is 16.7. The fourth-order valence-electron chi connectivity index (χ4n) is 3.91. The van der Waals surface area contributed by atoms with E-state index in [9.17, 15) is 0 Å². The van der Waals surface area contributed by atoms with Crippen molar-refractivity contribution in [2.24, 2.45) is 0 Å². The molecule has 1 atom stereocenters. The predicted octanol–water partition coefficient (Wildman–Crippen LogP) is 3.42. The van der Waals surface area contributed by atoms with Crippen LogP contribution in [0, 0.1) is 0 Å². The third-order valence-electron chi connectivity index (χ3n) is 5.40. The van der Waals surface area contributed by atoms with Gasteiger partial charge in [0.15, 0.2) is 0 Å². The monoisotopic (exact) mass is 338 g/mol. The lowest BCUT2D eigenvalue weighted by Gasteiger charge is -2.38. The normalized spacial score (nSPS) is 23.1. The predicted molar refractivity (Wildman–Crippen MR) is 97.1 cm³/mol. The maximum Gasteiger partial charge on any atom is 0.0840 e. The van der Waals surface area contributed by atoms with Crippen LogP contribution in [-0.4, -0.2) is 41.3 Å². The Hall–Kier alpha value is -1.75. The number of likely N-dealkylation sites (tertiary alicyclic amines) is 1. The van der Waals surface area contributed by atoms with Crippen molar-refractivity contribution < 1.29 is 9.47 Å². The lowest BCUT2D eigenvalue weighted by molar-refractivity contribution is -0.0468. The molecule has 0 bridgehead atoms. The zero-order chi connectivity index (χ0) is 17.0. The van der Waals surface area contributed by atoms with Crippen LogP contribution >= 0.6 is 0 Å². The molecule has 0 N–H and O–H groups in total. The highest BCUT2D eigenvalue weighted by molar-refractivity contribution is 5.13. The Morgan fingerprint density at radius 3 is 2.64 bits per heavy atom. The van der Waals surface area contributed by atoms with Gasteiger partial charge in [0.25, 0.3) is 0 Å². The maximum absolute atomic E-state index is 6.22. The molecular formula is C21H26N2O2. The first-order valence-corrected chi connectivity index (χ1v) is 9.22. The standard InChI is InChI=1S/C21H26N2O2/c1-2-5-18(6-3-1)16-24-20-13-21(25-17-20)8-11-23(12-9-21)15-19-7-4-10-22-14-19/h1-7,10,14,20H,8-9,11-13,15-17H2. The fourth-order valence-corrected chi connectivity index (χ4v) is 3.91. The van der Waals surface area contributed by atoms with E-state index in [-0.39, 0.29) is 11.7 Å². The topological polar surface area (TPSA) is 34.6 Å². The lowest BCUT2D eigenvalue weighted by atomic mass is 9.88. The van der Waals surface area contributed by atoms with Crippen molar-refractivity contribution in [3.63, 3.8) is 0 Å². The minimum absolute atomic E-state index is 0.0345. The third-order valence-corrected chi connectivity index (χ3v) is 5.40. The quantitative estimate of drug-likeness (QED) is 0.837. The van der Waals surface area contributed by atoms with Crippen molar-refractivity contribution in [2.75, 3.05) is 19.7 Å². The molecular weight excluding hydrogens is 312 g/mol. The van der Waals surface area contributed by atoms with E-state index in [2.05, 4.69) is 40.2 Å². The summed E-state index contributed by atoms with van der Waals surface area (Å²) in [5, 5.41) is 0. The van der Waals surface area contributed by atoms with Gasteiger partial charge < -0.3 is 9.47 Å². The summed E-state index contributed by atoms with van der Waals surface area (Å²) in [6.07, 6.45) is 7.24. The van der Waals surface area contributed by atoms with Crippen LogP contribution in [0.25, 0.3) is 0 Å². The average Bonchev–Trinajstić information content (AvgIpc) is 3.07. The molecule has 4 nitrogen and oxygen atoms in total. The van der Waals surface area contributed by atoms with Crippen molar-refractivity contribution in [1.29, 1.82) is 0 Å². The van der Waals surface area contributed by atoms with E-state index in [0.717, 1.165) is 45.5 Å². The van der Waals surface area contributed by atoms with Gasteiger partial charge in [0.1, 0.15) is 0 Å². The number of nitrogens with zero attached hydrogens (tertiary/aromatic N) is 2. The van der Waals surface area contributed by atoms with E-state index in [1.165, 1.54) is 11.1 Å². The molecule has 1 spiro atoms. The van der Waals surface area contributed by atoms with Crippen molar-refractivity contribution >= 4 is 0 Å². The molecule has 25 heavy (non-hydrogen) atoms. The second-order valence-corrected chi connectivity index (χ2v) is 7.25. The van der Waals surface area contributed by atoms with Crippen LogP contribution in [0.4, 0.5) is 0 Å². The molecule has 0 amide bonds. The summed E-state index contributed by atoms with van der Waals surface area (Å²) in [5.74, 6) is 0. The van der Waals surface area contributed by atoms with Gasteiger partial charge in [-0.25, -0.2) is 0 Å². The highest BCUT2D eigenvalue weighted by atomic mass is 16.6. The van der Waals surface area contributed by atoms with Gasteiger partial charge in [-0.3, -0.25) is 9.88 Å². The smallest absolute Gasteiger partial charge is 0.0840 e. The number of piperidine rings is 1. The Kier molecular flexibility index (Phi) is 5.11. The van der Waals surface area contributed by atoms with Crippen molar-refractivity contribution in [1.82, 2.24) is 9.88 Å². The highest BCUT2D eigenvalue weighted by Crippen LogP contribution is 2.37. The van der Waals surface area contributed by atoms with Gasteiger partial charge in [-0.2, -0.15) is 0 Å². The Balaban J connectivity index is 1.24. The lowest BCUT2D eigenvalue weighted by Crippen LogP contribution is -2.43. The molecule has 0 aliphatic carbocycles. The minimum atomic E-state index is 0.0345. The molecule has 4 rings (SSSR count). The van der Waals surface area contributed by atoms with Gasteiger partial charge in [0.2, 0.25) is 0 Å². The Bertz CT molecular complexity index is 654. The molecule has 132 valence electrons. The van der Waals surface area contributed by atoms with E-state index >= 15 is 0 Å². The van der Waals surface area contributed by atoms with Crippen LogP contribution in [-0.2, 0) is 22.6 Å². The molecule has 2 aliphatic rings. The van der Waals surface area contributed by atoms with Gasteiger partial charge in [-0.05, 0) is 30.0 Å². The summed E-state index contributed by atoms with van der Waals surface area (Å²) in [4.78, 5) is 6.71. The minimum Gasteiger partial charge on any atom is -0.372 e. The zero-order valence-corrected chi connectivity index (χ0v) is 14.6. The number of pyridine rings is 1. The summed E-state index contributed by atoms with van der Waals surface area (Å²) in [6.45, 7) is 4.56. The van der Waals surface area contributed by atoms with Crippen LogP contribution in [0.1, 0.15) is 30.4 Å². The van der Waals surface area contributed by atoms with Crippen LogP contribution in [0.2, 0.25) is 0 Å². The largest absolute Gasteiger partial charge is 0.372 e. The summed E-state index contributed by atoms with van der Waals surface area (Å²) < 4.78 is 12.3. The molecule has 1 unspecified atom stereocenters. The Labute approximate surface area is 149 Å². The molecule has 2 saturated heterocycles. The number of hydrogen-bond donors (Lipinski definition) is 0. The van der Waals surface area contributed by atoms with Gasteiger partial charge in [0.05, 0.1) is 24.9 Å². The number of rotatable bonds is 5. The zero-order valence-electron chi connectivity index (χ0n) is 14.6. The summed E-state index contributed by atoms with van der Waals surface area (Å²) >= 11 is 0. The van der Waals surface area contributed by atoms with Gasteiger partial charge in [-0.15, -0.1) is 0 Å². The van der Waals surface area contributed by atoms with E-state index in [4.69, 9.17) is 9.47 Å². The Morgan fingerprint density at radius 1 is 1.08 bits per heavy atom. The van der Waals surface area contributed by atoms with Crippen molar-refractivity contribution in [3.05, 3.63) is 66.0 Å². The number of benzene rings is 1. The van der Waals surface area contributed by atoms with E-state index in [1.54, 1.807) is 0 Å². The maximum atomic E-state index is 6.22. The summed E-state index contributed by atoms with van der Waals surface area (Å²) in [5.41, 5.74) is 2.55. The highest BCUT2D eigenvalue weighted by Gasteiger charge is 2.43. The molecule has 2 aliphatic heterocycles. The van der Waals surface area contributed by atoms with Gasteiger partial charge in [-0.1, -0.05) is 36.4 Å². The van der Waals surface area contributed by atoms with Crippen molar-refractivity contribution in [3.8, 4) is 0 Å². The average molecular weight is 338 g/mol. The molecule has 3 heterocycles. The van der Waals surface area contributed by atoms with Crippen LogP contribution in [0.5, 0.6) is 0 Å². The van der Waals surface area contributed by atoms with Crippen LogP contribution < -0.4 is 0 Å². The van der Waals surface area contributed by atoms with Gasteiger partial charge >= 0.3 is 0 Å². The molecule has 2 fully saturated rings. The molecule has 4 heteroatoms. The van der Waals surface area contributed by atoms with Gasteiger partial charge in [0, 0.05) is 38.4 Å². The molecule has 1 aromatic heterocycles. The summed E-state index contributed by atoms with van der Waals surface area (Å²) in [7, 11) is 0. The first-order valence-electron chi connectivity index (χ1n) is 9.22. The van der Waals surface area contributed by atoms with E-state index in [1.807, 2.05) is 24.5 Å². The number of ether oxygens (including phenoxy) is 2. The second-order valence-electron chi connectivity index (χ2n) is 7.25. The van der Waals surface area contributed by atoms with Crippen LogP contribution in [0.15, 0.2) is 54.9 Å². The number of aromatic nitrogens is 1. The summed E-state index contributed by atoms with van der Waals surface area (Å²) in [6, 6.07) is 14.5. The first-order chi connectivity index (χ1) is 12.3. The van der Waals surface area contributed by atoms with Crippen LogP contribution in [0.3, 0.4) is 0 Å². The van der Waals surface area contributed by atoms with Crippen molar-refractivity contribution in [2.45, 2.75) is 44.1 Å². The van der Waals surface area contributed by atoms with E-state index in [0.29, 0.717) is 6.61 Å². The molecule has 1 aromatic carbocycles. The molecule has 2 aromatic rings. The fraction of sp³-hybridized carbons (Fsp3) is 0.476. The second kappa shape index (κ2) is 7.65. The number of hydrogen-bond acceptors (Lipinski definition) is 4. The molecule has 0 radical (unpaired) electrons. The third kappa shape index (κ3) is 4.27.